The van der Waals surface area contributed by atoms with Gasteiger partial charge in [0.25, 0.3) is 5.91 Å². The predicted octanol–water partition coefficient (Wildman–Crippen LogP) is 6.59. The Morgan fingerprint density at radius 3 is 2.63 bits per heavy atom. The molecule has 2 heterocycles. The lowest BCUT2D eigenvalue weighted by molar-refractivity contribution is 0.0986. The number of rotatable bonds is 4. The van der Waals surface area contributed by atoms with Crippen molar-refractivity contribution < 1.29 is 4.79 Å². The van der Waals surface area contributed by atoms with Crippen LogP contribution in [0.5, 0.6) is 0 Å². The summed E-state index contributed by atoms with van der Waals surface area (Å²) in [5.41, 5.74) is 4.48. The van der Waals surface area contributed by atoms with Gasteiger partial charge < -0.3 is 4.98 Å². The van der Waals surface area contributed by atoms with Crippen LogP contribution in [0.4, 0.5) is 5.13 Å². The topological polar surface area (TPSA) is 49.0 Å². The number of benzene rings is 3. The summed E-state index contributed by atoms with van der Waals surface area (Å²) in [7, 11) is 0. The quantitative estimate of drug-likeness (QED) is 0.349. The van der Waals surface area contributed by atoms with Crippen molar-refractivity contribution in [1.29, 1.82) is 0 Å². The summed E-state index contributed by atoms with van der Waals surface area (Å²) in [5.74, 6) is -0.0934. The number of halogens is 1. The molecule has 6 heteroatoms. The van der Waals surface area contributed by atoms with Crippen molar-refractivity contribution in [2.75, 3.05) is 4.90 Å². The lowest BCUT2D eigenvalue weighted by atomic mass is 10.1. The standard InChI is InChI=1S/C24H18ClN3OS/c1-15-11-12-19(25)22-21(15)27-24(30-22)28(14-16-7-3-2-4-8-16)23(29)18-13-26-20-10-6-5-9-17(18)20/h2-13,26H,14H2,1H3. The first-order chi connectivity index (χ1) is 14.6. The second-order valence-corrected chi connectivity index (χ2v) is 8.55. The molecular weight excluding hydrogens is 414 g/mol. The molecule has 0 radical (unpaired) electrons. The molecule has 0 saturated carbocycles. The molecule has 3 aromatic carbocycles. The Bertz CT molecular complexity index is 1330. The summed E-state index contributed by atoms with van der Waals surface area (Å²) < 4.78 is 0.899. The first kappa shape index (κ1) is 18.9. The van der Waals surface area contributed by atoms with Crippen LogP contribution in [-0.4, -0.2) is 15.9 Å². The average molecular weight is 432 g/mol. The number of nitrogens with one attached hydrogen (secondary N) is 1. The average Bonchev–Trinajstić information content (AvgIpc) is 3.40. The summed E-state index contributed by atoms with van der Waals surface area (Å²) in [5, 5.41) is 2.19. The zero-order valence-corrected chi connectivity index (χ0v) is 17.8. The molecule has 0 aliphatic rings. The number of hydrogen-bond acceptors (Lipinski definition) is 3. The van der Waals surface area contributed by atoms with Crippen LogP contribution >= 0.6 is 22.9 Å². The van der Waals surface area contributed by atoms with Gasteiger partial charge in [0.05, 0.1) is 27.3 Å². The van der Waals surface area contributed by atoms with Crippen LogP contribution in [0.3, 0.4) is 0 Å². The number of aromatic nitrogens is 2. The van der Waals surface area contributed by atoms with Gasteiger partial charge in [-0.05, 0) is 30.2 Å². The molecule has 0 aliphatic heterocycles. The van der Waals surface area contributed by atoms with Gasteiger partial charge in [0.1, 0.15) is 0 Å². The highest BCUT2D eigenvalue weighted by atomic mass is 35.5. The van der Waals surface area contributed by atoms with E-state index >= 15 is 0 Å². The van der Waals surface area contributed by atoms with Crippen LogP contribution < -0.4 is 4.90 Å². The van der Waals surface area contributed by atoms with Crippen molar-refractivity contribution in [2.24, 2.45) is 0 Å². The molecule has 1 N–H and O–H groups in total. The first-order valence-corrected chi connectivity index (χ1v) is 10.8. The van der Waals surface area contributed by atoms with E-state index in [1.807, 2.05) is 73.7 Å². The van der Waals surface area contributed by atoms with E-state index in [0.717, 1.165) is 32.2 Å². The second-order valence-electron chi connectivity index (χ2n) is 7.16. The minimum absolute atomic E-state index is 0.0934. The molecule has 0 fully saturated rings. The third-order valence-corrected chi connectivity index (χ3v) is 6.70. The minimum atomic E-state index is -0.0934. The molecule has 1 amide bonds. The maximum atomic E-state index is 13.7. The highest BCUT2D eigenvalue weighted by molar-refractivity contribution is 7.23. The van der Waals surface area contributed by atoms with E-state index in [2.05, 4.69) is 4.98 Å². The summed E-state index contributed by atoms with van der Waals surface area (Å²) in [6, 6.07) is 21.6. The number of nitrogens with zero attached hydrogens (tertiary/aromatic N) is 2. The normalized spacial score (nSPS) is 11.3. The van der Waals surface area contributed by atoms with Crippen molar-refractivity contribution in [1.82, 2.24) is 9.97 Å². The number of aryl methyl sites for hydroxylation is 1. The van der Waals surface area contributed by atoms with E-state index < -0.39 is 0 Å². The van der Waals surface area contributed by atoms with Gasteiger partial charge in [0.2, 0.25) is 0 Å². The van der Waals surface area contributed by atoms with Gasteiger partial charge in [0.15, 0.2) is 5.13 Å². The lowest BCUT2D eigenvalue weighted by Gasteiger charge is -2.20. The van der Waals surface area contributed by atoms with E-state index in [4.69, 9.17) is 16.6 Å². The molecule has 5 aromatic rings. The number of hydrogen-bond donors (Lipinski definition) is 1. The summed E-state index contributed by atoms with van der Waals surface area (Å²) >= 11 is 7.87. The van der Waals surface area contributed by atoms with Crippen molar-refractivity contribution in [3.63, 3.8) is 0 Å². The van der Waals surface area contributed by atoms with E-state index in [1.54, 1.807) is 11.1 Å². The molecule has 30 heavy (non-hydrogen) atoms. The Kier molecular flexibility index (Phi) is 4.77. The number of thiazole rings is 1. The number of carbonyl (C=O) groups is 1. The molecule has 4 nitrogen and oxygen atoms in total. The van der Waals surface area contributed by atoms with Gasteiger partial charge in [-0.25, -0.2) is 4.98 Å². The maximum Gasteiger partial charge on any atom is 0.262 e. The van der Waals surface area contributed by atoms with E-state index in [1.165, 1.54) is 11.3 Å². The monoisotopic (exact) mass is 431 g/mol. The Labute approximate surface area is 182 Å². The molecule has 0 unspecified atom stereocenters. The fraction of sp³-hybridized carbons (Fsp3) is 0.0833. The number of fused-ring (bicyclic) bond motifs is 2. The van der Waals surface area contributed by atoms with Crippen molar-refractivity contribution >= 4 is 55.1 Å². The zero-order valence-electron chi connectivity index (χ0n) is 16.2. The van der Waals surface area contributed by atoms with Crippen LogP contribution in [0.15, 0.2) is 72.9 Å². The third kappa shape index (κ3) is 3.26. The molecular formula is C24H18ClN3OS. The van der Waals surface area contributed by atoms with Crippen LogP contribution in [0, 0.1) is 6.92 Å². The largest absolute Gasteiger partial charge is 0.360 e. The Morgan fingerprint density at radius 1 is 1.07 bits per heavy atom. The molecule has 2 aromatic heterocycles. The highest BCUT2D eigenvalue weighted by Gasteiger charge is 2.25. The Balaban J connectivity index is 1.65. The first-order valence-electron chi connectivity index (χ1n) is 9.59. The summed E-state index contributed by atoms with van der Waals surface area (Å²) in [4.78, 5) is 23.5. The van der Waals surface area contributed by atoms with Gasteiger partial charge in [-0.2, -0.15) is 0 Å². The molecule has 0 atom stereocenters. The number of para-hydroxylation sites is 1. The van der Waals surface area contributed by atoms with Crippen LogP contribution in [0.1, 0.15) is 21.5 Å². The van der Waals surface area contributed by atoms with Crippen molar-refractivity contribution in [3.05, 3.63) is 94.6 Å². The number of aromatic amines is 1. The molecule has 5 rings (SSSR count). The molecule has 0 aliphatic carbocycles. The van der Waals surface area contributed by atoms with E-state index in [0.29, 0.717) is 22.3 Å². The number of H-pyrrole nitrogens is 1. The van der Waals surface area contributed by atoms with Gasteiger partial charge >= 0.3 is 0 Å². The number of anilines is 1. The number of carbonyl (C=O) groups excluding carboxylic acids is 1. The molecule has 0 spiro atoms. The molecule has 0 saturated heterocycles. The van der Waals surface area contributed by atoms with Gasteiger partial charge in [-0.15, -0.1) is 0 Å². The highest BCUT2D eigenvalue weighted by Crippen LogP contribution is 2.37. The summed E-state index contributed by atoms with van der Waals surface area (Å²) in [6.45, 7) is 2.43. The maximum absolute atomic E-state index is 13.7. The SMILES string of the molecule is Cc1ccc(Cl)c2sc(N(Cc3ccccc3)C(=O)c3c[nH]c4ccccc34)nc12. The van der Waals surface area contributed by atoms with Crippen LogP contribution in [0.25, 0.3) is 21.1 Å². The van der Waals surface area contributed by atoms with Gasteiger partial charge in [-0.1, -0.05) is 77.5 Å². The van der Waals surface area contributed by atoms with E-state index in [9.17, 15) is 4.79 Å². The fourth-order valence-corrected chi connectivity index (χ4v) is 4.91. The molecule has 148 valence electrons. The zero-order chi connectivity index (χ0) is 20.7. The smallest absolute Gasteiger partial charge is 0.262 e. The fourth-order valence-electron chi connectivity index (χ4n) is 3.59. The van der Waals surface area contributed by atoms with Gasteiger partial charge in [-0.3, -0.25) is 9.69 Å². The van der Waals surface area contributed by atoms with Crippen LogP contribution in [-0.2, 0) is 6.54 Å². The molecule has 0 bridgehead atoms. The minimum Gasteiger partial charge on any atom is -0.360 e. The van der Waals surface area contributed by atoms with Gasteiger partial charge in [0, 0.05) is 17.1 Å². The summed E-state index contributed by atoms with van der Waals surface area (Å²) in [6.07, 6.45) is 1.77. The van der Waals surface area contributed by atoms with E-state index in [-0.39, 0.29) is 5.91 Å². The second kappa shape index (κ2) is 7.59. The Hall–Kier alpha value is -3.15. The third-order valence-electron chi connectivity index (χ3n) is 5.17. The van der Waals surface area contributed by atoms with Crippen LogP contribution in [0.2, 0.25) is 5.02 Å². The predicted molar refractivity (Wildman–Crippen MR) is 125 cm³/mol. The lowest BCUT2D eigenvalue weighted by Crippen LogP contribution is -2.30. The number of amides is 1. The van der Waals surface area contributed by atoms with Crippen molar-refractivity contribution in [2.45, 2.75) is 13.5 Å². The van der Waals surface area contributed by atoms with Crippen molar-refractivity contribution in [3.8, 4) is 0 Å². The Morgan fingerprint density at radius 2 is 1.83 bits per heavy atom.